The van der Waals surface area contributed by atoms with Crippen LogP contribution in [0.15, 0.2) is 72.8 Å². The second-order valence-corrected chi connectivity index (χ2v) is 7.18. The van der Waals surface area contributed by atoms with Crippen LogP contribution in [0, 0.1) is 34.2 Å². The maximum Gasteiger partial charge on any atom is 0.269 e. The SMILES string of the molecule is Cc1c(/C=C(/C#N)c2ccccc2F)c2ccccc2n1Cc1ccc([N+](=O)[O-])cc1. The molecular weight excluding hydrogens is 393 g/mol. The highest BCUT2D eigenvalue weighted by Crippen LogP contribution is 2.31. The largest absolute Gasteiger partial charge is 0.340 e. The minimum Gasteiger partial charge on any atom is -0.340 e. The van der Waals surface area contributed by atoms with Crippen LogP contribution in [0.3, 0.4) is 0 Å². The summed E-state index contributed by atoms with van der Waals surface area (Å²) in [7, 11) is 0. The van der Waals surface area contributed by atoms with Crippen molar-refractivity contribution in [2.45, 2.75) is 13.5 Å². The molecule has 6 heteroatoms. The topological polar surface area (TPSA) is 71.9 Å². The molecular formula is C25H18FN3O2. The molecule has 0 unspecified atom stereocenters. The van der Waals surface area contributed by atoms with Gasteiger partial charge in [0.2, 0.25) is 0 Å². The third-order valence-corrected chi connectivity index (χ3v) is 5.34. The third kappa shape index (κ3) is 3.81. The summed E-state index contributed by atoms with van der Waals surface area (Å²) < 4.78 is 16.4. The minimum absolute atomic E-state index is 0.0463. The van der Waals surface area contributed by atoms with Gasteiger partial charge in [-0.3, -0.25) is 10.1 Å². The van der Waals surface area contributed by atoms with Crippen LogP contribution in [-0.2, 0) is 6.54 Å². The number of nitrogens with zero attached hydrogens (tertiary/aromatic N) is 3. The molecule has 0 N–H and O–H groups in total. The number of nitro benzene ring substituents is 1. The number of nitriles is 1. The van der Waals surface area contributed by atoms with Crippen molar-refractivity contribution >= 4 is 28.2 Å². The average Bonchev–Trinajstić information content (AvgIpc) is 3.04. The lowest BCUT2D eigenvalue weighted by Crippen LogP contribution is -2.02. The van der Waals surface area contributed by atoms with E-state index in [9.17, 15) is 19.8 Å². The molecule has 0 spiro atoms. The van der Waals surface area contributed by atoms with E-state index in [1.807, 2.05) is 31.2 Å². The Balaban J connectivity index is 1.83. The van der Waals surface area contributed by atoms with E-state index in [0.717, 1.165) is 27.7 Å². The minimum atomic E-state index is -0.442. The molecule has 0 bridgehead atoms. The first kappa shape index (κ1) is 20.0. The fourth-order valence-electron chi connectivity index (χ4n) is 3.74. The van der Waals surface area contributed by atoms with Gasteiger partial charge in [0.1, 0.15) is 5.82 Å². The summed E-state index contributed by atoms with van der Waals surface area (Å²) in [5.41, 5.74) is 4.21. The fourth-order valence-corrected chi connectivity index (χ4v) is 3.74. The fraction of sp³-hybridized carbons (Fsp3) is 0.0800. The number of aromatic nitrogens is 1. The van der Waals surface area contributed by atoms with Crippen LogP contribution in [0.5, 0.6) is 0 Å². The van der Waals surface area contributed by atoms with Crippen molar-refractivity contribution < 1.29 is 9.31 Å². The number of non-ortho nitro benzene ring substituents is 1. The molecule has 0 aliphatic carbocycles. The highest BCUT2D eigenvalue weighted by molar-refractivity contribution is 5.99. The molecule has 1 heterocycles. The van der Waals surface area contributed by atoms with Crippen molar-refractivity contribution in [1.29, 1.82) is 5.26 Å². The number of rotatable bonds is 5. The Bertz CT molecular complexity index is 1360. The van der Waals surface area contributed by atoms with E-state index < -0.39 is 10.7 Å². The molecule has 0 amide bonds. The van der Waals surface area contributed by atoms with E-state index in [0.29, 0.717) is 6.54 Å². The average molecular weight is 411 g/mol. The Hall–Kier alpha value is -4.24. The molecule has 31 heavy (non-hydrogen) atoms. The highest BCUT2D eigenvalue weighted by atomic mass is 19.1. The van der Waals surface area contributed by atoms with Crippen molar-refractivity contribution in [2.24, 2.45) is 0 Å². The molecule has 4 aromatic rings. The first-order valence-electron chi connectivity index (χ1n) is 9.67. The zero-order valence-corrected chi connectivity index (χ0v) is 16.7. The summed E-state index contributed by atoms with van der Waals surface area (Å²) in [6.45, 7) is 2.47. The number of nitro groups is 1. The number of benzene rings is 3. The van der Waals surface area contributed by atoms with Crippen LogP contribution >= 0.6 is 0 Å². The molecule has 152 valence electrons. The molecule has 4 rings (SSSR count). The zero-order valence-electron chi connectivity index (χ0n) is 16.7. The maximum atomic E-state index is 14.3. The van der Waals surface area contributed by atoms with Crippen molar-refractivity contribution in [3.8, 4) is 6.07 Å². The maximum absolute atomic E-state index is 14.3. The van der Waals surface area contributed by atoms with E-state index in [2.05, 4.69) is 10.6 Å². The van der Waals surface area contributed by atoms with Gasteiger partial charge in [0.25, 0.3) is 5.69 Å². The lowest BCUT2D eigenvalue weighted by atomic mass is 10.0. The van der Waals surface area contributed by atoms with Crippen molar-refractivity contribution in [3.63, 3.8) is 0 Å². The van der Waals surface area contributed by atoms with Gasteiger partial charge in [-0.15, -0.1) is 0 Å². The second-order valence-electron chi connectivity index (χ2n) is 7.18. The predicted molar refractivity (Wildman–Crippen MR) is 119 cm³/mol. The van der Waals surface area contributed by atoms with E-state index in [4.69, 9.17) is 0 Å². The Morgan fingerprint density at radius 2 is 1.77 bits per heavy atom. The van der Waals surface area contributed by atoms with Gasteiger partial charge < -0.3 is 4.57 Å². The zero-order chi connectivity index (χ0) is 22.0. The van der Waals surface area contributed by atoms with Crippen molar-refractivity contribution in [3.05, 3.63) is 111 Å². The van der Waals surface area contributed by atoms with Gasteiger partial charge in [-0.25, -0.2) is 4.39 Å². The Morgan fingerprint density at radius 1 is 1.10 bits per heavy atom. The van der Waals surface area contributed by atoms with Gasteiger partial charge in [-0.1, -0.05) is 48.5 Å². The third-order valence-electron chi connectivity index (χ3n) is 5.34. The quantitative estimate of drug-likeness (QED) is 0.226. The van der Waals surface area contributed by atoms with Crippen LogP contribution in [0.2, 0.25) is 0 Å². The highest BCUT2D eigenvalue weighted by Gasteiger charge is 2.15. The summed E-state index contributed by atoms with van der Waals surface area (Å²) in [6, 6.07) is 22.6. The summed E-state index contributed by atoms with van der Waals surface area (Å²) in [5.74, 6) is -0.442. The predicted octanol–water partition coefficient (Wildman–Crippen LogP) is 6.11. The number of allylic oxidation sites excluding steroid dienone is 1. The molecule has 0 aliphatic heterocycles. The molecule has 1 aromatic heterocycles. The molecule has 0 aliphatic rings. The Morgan fingerprint density at radius 3 is 2.45 bits per heavy atom. The van der Waals surface area contributed by atoms with Crippen LogP contribution in [0.1, 0.15) is 22.4 Å². The van der Waals surface area contributed by atoms with Crippen molar-refractivity contribution in [2.75, 3.05) is 0 Å². The molecule has 0 saturated heterocycles. The molecule has 0 radical (unpaired) electrons. The standard InChI is InChI=1S/C25H18FN3O2/c1-17-23(14-19(15-27)21-6-2-4-8-24(21)26)22-7-3-5-9-25(22)28(17)16-18-10-12-20(13-11-18)29(30)31/h2-14H,16H2,1H3/b19-14-. The summed E-state index contributed by atoms with van der Waals surface area (Å²) >= 11 is 0. The van der Waals surface area contributed by atoms with Gasteiger partial charge in [-0.2, -0.15) is 5.26 Å². The smallest absolute Gasteiger partial charge is 0.269 e. The number of hydrogen-bond acceptors (Lipinski definition) is 3. The molecule has 0 saturated carbocycles. The van der Waals surface area contributed by atoms with Gasteiger partial charge >= 0.3 is 0 Å². The summed E-state index contributed by atoms with van der Waals surface area (Å²) in [6.07, 6.45) is 1.72. The van der Waals surface area contributed by atoms with Gasteiger partial charge in [0, 0.05) is 46.4 Å². The van der Waals surface area contributed by atoms with E-state index in [-0.39, 0.29) is 16.8 Å². The molecule has 0 atom stereocenters. The van der Waals surface area contributed by atoms with E-state index >= 15 is 0 Å². The lowest BCUT2D eigenvalue weighted by molar-refractivity contribution is -0.384. The first-order valence-corrected chi connectivity index (χ1v) is 9.67. The summed E-state index contributed by atoms with van der Waals surface area (Å²) in [4.78, 5) is 10.5. The van der Waals surface area contributed by atoms with Gasteiger partial charge in [0.05, 0.1) is 16.6 Å². The van der Waals surface area contributed by atoms with Crippen LogP contribution in [0.25, 0.3) is 22.6 Å². The number of fused-ring (bicyclic) bond motifs is 1. The lowest BCUT2D eigenvalue weighted by Gasteiger charge is -2.09. The van der Waals surface area contributed by atoms with Gasteiger partial charge in [-0.05, 0) is 30.7 Å². The normalized spacial score (nSPS) is 11.5. The van der Waals surface area contributed by atoms with Crippen LogP contribution in [0.4, 0.5) is 10.1 Å². The number of para-hydroxylation sites is 1. The van der Waals surface area contributed by atoms with E-state index in [1.54, 1.807) is 36.4 Å². The second kappa shape index (κ2) is 8.25. The summed E-state index contributed by atoms with van der Waals surface area (Å²) in [5, 5.41) is 21.6. The molecule has 3 aromatic carbocycles. The monoisotopic (exact) mass is 411 g/mol. The first-order chi connectivity index (χ1) is 15.0. The molecule has 5 nitrogen and oxygen atoms in total. The van der Waals surface area contributed by atoms with Crippen molar-refractivity contribution in [1.82, 2.24) is 4.57 Å². The Kier molecular flexibility index (Phi) is 5.33. The van der Waals surface area contributed by atoms with Crippen LogP contribution < -0.4 is 0 Å². The number of halogens is 1. The number of hydrogen-bond donors (Lipinski definition) is 0. The molecule has 0 fully saturated rings. The Labute approximate surface area is 178 Å². The van der Waals surface area contributed by atoms with E-state index in [1.165, 1.54) is 18.2 Å². The van der Waals surface area contributed by atoms with Gasteiger partial charge in [0.15, 0.2) is 0 Å². The van der Waals surface area contributed by atoms with Crippen LogP contribution in [-0.4, -0.2) is 9.49 Å².